The van der Waals surface area contributed by atoms with Crippen molar-refractivity contribution in [2.75, 3.05) is 0 Å². The Kier molecular flexibility index (Phi) is 5.93. The lowest BCUT2D eigenvalue weighted by atomic mass is 9.80. The molecular formula is C38H25F3O4S2. The molecule has 4 aliphatic carbocycles. The summed E-state index contributed by atoms with van der Waals surface area (Å²) in [4.78, 5) is 55.0. The Morgan fingerprint density at radius 2 is 1.04 bits per heavy atom. The topological polar surface area (TPSA) is 68.3 Å². The average molecular weight is 667 g/mol. The van der Waals surface area contributed by atoms with Crippen LogP contribution in [0.5, 0.6) is 0 Å². The van der Waals surface area contributed by atoms with Crippen molar-refractivity contribution >= 4 is 80.3 Å². The van der Waals surface area contributed by atoms with Crippen LogP contribution in [0.25, 0.3) is 34.4 Å². The van der Waals surface area contributed by atoms with E-state index in [1.54, 1.807) is 23.5 Å². The van der Waals surface area contributed by atoms with Crippen molar-refractivity contribution in [2.45, 2.75) is 51.6 Å². The smallest absolute Gasteiger partial charge is 0.285 e. The molecule has 234 valence electrons. The molecule has 0 amide bonds. The zero-order valence-corrected chi connectivity index (χ0v) is 27.5. The first-order valence-corrected chi connectivity index (χ1v) is 16.6. The number of carbonyl (C=O) groups excluding carboxylic acids is 4. The van der Waals surface area contributed by atoms with E-state index in [2.05, 4.69) is 33.8 Å². The molecule has 0 bridgehead atoms. The summed E-state index contributed by atoms with van der Waals surface area (Å²) in [6.07, 6.45) is -1.23. The number of Topliss-reactive ketones (excluding diaryl/α,β-unsaturated/α-hetero) is 4. The van der Waals surface area contributed by atoms with Crippen molar-refractivity contribution in [1.29, 1.82) is 0 Å². The van der Waals surface area contributed by atoms with Crippen molar-refractivity contribution in [1.82, 2.24) is 0 Å². The number of halogens is 3. The van der Waals surface area contributed by atoms with Gasteiger partial charge in [-0.25, -0.2) is 0 Å². The van der Waals surface area contributed by atoms with Gasteiger partial charge in [0, 0.05) is 52.6 Å². The van der Waals surface area contributed by atoms with Gasteiger partial charge in [0.25, 0.3) is 0 Å². The number of fused-ring (bicyclic) bond motifs is 6. The summed E-state index contributed by atoms with van der Waals surface area (Å²) in [7, 11) is 0. The van der Waals surface area contributed by atoms with Crippen LogP contribution in [0, 0.1) is 6.92 Å². The second-order valence-corrected chi connectivity index (χ2v) is 15.7. The number of rotatable bonds is 2. The quantitative estimate of drug-likeness (QED) is 0.158. The molecule has 0 atom stereocenters. The van der Waals surface area contributed by atoms with E-state index in [9.17, 15) is 32.3 Å². The van der Waals surface area contributed by atoms with Crippen molar-refractivity contribution in [3.05, 3.63) is 113 Å². The Balaban J connectivity index is 1.21. The summed E-state index contributed by atoms with van der Waals surface area (Å²) in [6.45, 7) is 10.5. The van der Waals surface area contributed by atoms with Gasteiger partial charge >= 0.3 is 6.18 Å². The molecular weight excluding hydrogens is 642 g/mol. The average Bonchev–Trinajstić information content (AvgIpc) is 3.79. The molecule has 0 unspecified atom stereocenters. The summed E-state index contributed by atoms with van der Waals surface area (Å²) < 4.78 is 40.5. The Morgan fingerprint density at radius 1 is 0.596 bits per heavy atom. The van der Waals surface area contributed by atoms with Gasteiger partial charge in [0.1, 0.15) is 0 Å². The fourth-order valence-electron chi connectivity index (χ4n) is 7.48. The molecule has 0 fully saturated rings. The number of aryl methyl sites for hydroxylation is 1. The SMILES string of the molecule is Cc1ccc2c(c1)/C(=C/c1cc3c(s1)C1=C(c4sc(/C=C5\C(=O)C(=O)c6ccc(C(F)(F)F)cc65)cc4C1(C)C)C3(C)C)C(=O)C2=O. The zero-order chi connectivity index (χ0) is 33.5. The normalized spacial score (nSPS) is 20.4. The van der Waals surface area contributed by atoms with Gasteiger partial charge in [0.2, 0.25) is 23.1 Å². The summed E-state index contributed by atoms with van der Waals surface area (Å²) >= 11 is 3.06. The number of hydrogen-bond acceptors (Lipinski definition) is 6. The number of ketones is 4. The second kappa shape index (κ2) is 9.33. The minimum atomic E-state index is -4.61. The molecule has 0 saturated carbocycles. The maximum atomic E-state index is 13.5. The number of alkyl halides is 3. The lowest BCUT2D eigenvalue weighted by Crippen LogP contribution is -2.16. The minimum Gasteiger partial charge on any atom is -0.285 e. The van der Waals surface area contributed by atoms with E-state index in [0.717, 1.165) is 55.1 Å². The maximum Gasteiger partial charge on any atom is 0.416 e. The van der Waals surface area contributed by atoms with Crippen LogP contribution >= 0.6 is 22.7 Å². The predicted molar refractivity (Wildman–Crippen MR) is 179 cm³/mol. The zero-order valence-electron chi connectivity index (χ0n) is 25.9. The molecule has 0 spiro atoms. The standard InChI is InChI=1S/C38H25F3O4S2/c1-16-6-8-20-22(10-16)24(32(44)30(20)42)12-18-14-26-34(46-18)28-29(36(26,2)3)35-27(37(28,4)5)15-19(47-35)13-25-23-11-17(38(39,40)41)7-9-21(23)31(43)33(25)45/h6-15H,1-5H3/b24-12-,25-13-. The van der Waals surface area contributed by atoms with Gasteiger partial charge in [-0.15, -0.1) is 22.7 Å². The molecule has 8 rings (SSSR count). The van der Waals surface area contributed by atoms with Gasteiger partial charge in [0.05, 0.1) is 5.56 Å². The first-order valence-electron chi connectivity index (χ1n) is 15.0. The fraction of sp³-hybridized carbons (Fsp3) is 0.211. The van der Waals surface area contributed by atoms with Crippen LogP contribution in [0.3, 0.4) is 0 Å². The Morgan fingerprint density at radius 3 is 1.51 bits per heavy atom. The molecule has 4 aromatic rings. The molecule has 2 aromatic heterocycles. The Bertz CT molecular complexity index is 2320. The third-order valence-electron chi connectivity index (χ3n) is 9.87. The van der Waals surface area contributed by atoms with Crippen molar-refractivity contribution in [2.24, 2.45) is 0 Å². The summed E-state index contributed by atoms with van der Waals surface area (Å²) in [5.74, 6) is -2.59. The highest BCUT2D eigenvalue weighted by Crippen LogP contribution is 2.66. The van der Waals surface area contributed by atoms with E-state index in [0.29, 0.717) is 21.6 Å². The van der Waals surface area contributed by atoms with E-state index >= 15 is 0 Å². The van der Waals surface area contributed by atoms with Crippen LogP contribution in [0.1, 0.15) is 101 Å². The predicted octanol–water partition coefficient (Wildman–Crippen LogP) is 9.24. The summed E-state index contributed by atoms with van der Waals surface area (Å²) in [5.41, 5.74) is 5.20. The van der Waals surface area contributed by atoms with Gasteiger partial charge < -0.3 is 0 Å². The molecule has 0 aliphatic heterocycles. The number of allylic oxidation sites excluding steroid dienone is 4. The summed E-state index contributed by atoms with van der Waals surface area (Å²) in [5, 5.41) is 0. The minimum absolute atomic E-state index is 0.00723. The molecule has 0 radical (unpaired) electrons. The van der Waals surface area contributed by atoms with Gasteiger partial charge in [-0.1, -0.05) is 51.5 Å². The summed E-state index contributed by atoms with van der Waals surface area (Å²) in [6, 6.07) is 12.3. The number of thiophene rings is 2. The lowest BCUT2D eigenvalue weighted by molar-refractivity contribution is -0.137. The highest BCUT2D eigenvalue weighted by atomic mass is 32.1. The second-order valence-electron chi connectivity index (χ2n) is 13.5. The molecule has 0 saturated heterocycles. The van der Waals surface area contributed by atoms with Gasteiger partial charge in [-0.3, -0.25) is 19.2 Å². The Labute approximate surface area is 276 Å². The molecule has 9 heteroatoms. The molecule has 2 aromatic carbocycles. The number of carbonyl (C=O) groups is 4. The van der Waals surface area contributed by atoms with Crippen LogP contribution in [0.15, 0.2) is 48.5 Å². The monoisotopic (exact) mass is 666 g/mol. The molecule has 4 aliphatic rings. The molecule has 47 heavy (non-hydrogen) atoms. The third kappa shape index (κ3) is 3.99. The van der Waals surface area contributed by atoms with E-state index in [4.69, 9.17) is 0 Å². The molecule has 2 heterocycles. The first kappa shape index (κ1) is 29.9. The van der Waals surface area contributed by atoms with Crippen LogP contribution < -0.4 is 0 Å². The highest BCUT2D eigenvalue weighted by Gasteiger charge is 2.52. The maximum absolute atomic E-state index is 13.5. The van der Waals surface area contributed by atoms with Crippen molar-refractivity contribution < 1.29 is 32.3 Å². The van der Waals surface area contributed by atoms with Crippen LogP contribution in [-0.2, 0) is 26.6 Å². The van der Waals surface area contributed by atoms with Crippen LogP contribution in [0.4, 0.5) is 13.2 Å². The van der Waals surface area contributed by atoms with Gasteiger partial charge in [0.15, 0.2) is 0 Å². The van der Waals surface area contributed by atoms with Gasteiger partial charge in [-0.2, -0.15) is 13.2 Å². The lowest BCUT2D eigenvalue weighted by Gasteiger charge is -2.23. The fourth-order valence-corrected chi connectivity index (χ4v) is 10.4. The molecule has 0 N–H and O–H groups in total. The largest absolute Gasteiger partial charge is 0.416 e. The van der Waals surface area contributed by atoms with E-state index in [1.165, 1.54) is 16.9 Å². The number of hydrogen-bond donors (Lipinski definition) is 0. The van der Waals surface area contributed by atoms with E-state index < -0.39 is 45.7 Å². The first-order chi connectivity index (χ1) is 22.0. The van der Waals surface area contributed by atoms with Gasteiger partial charge in [-0.05, 0) is 82.8 Å². The van der Waals surface area contributed by atoms with Crippen LogP contribution in [-0.4, -0.2) is 23.1 Å². The van der Waals surface area contributed by atoms with Crippen molar-refractivity contribution in [3.8, 4) is 0 Å². The Hall–Kier alpha value is -4.47. The molecule has 4 nitrogen and oxygen atoms in total. The van der Waals surface area contributed by atoms with Crippen molar-refractivity contribution in [3.63, 3.8) is 0 Å². The van der Waals surface area contributed by atoms with E-state index in [1.807, 2.05) is 31.2 Å². The third-order valence-corrected chi connectivity index (χ3v) is 12.1. The number of benzene rings is 2. The van der Waals surface area contributed by atoms with E-state index in [-0.39, 0.29) is 16.7 Å². The van der Waals surface area contributed by atoms with Crippen LogP contribution in [0.2, 0.25) is 0 Å². The highest BCUT2D eigenvalue weighted by molar-refractivity contribution is 7.16.